The number of nitrogens with one attached hydrogen (secondary N) is 1. The second kappa shape index (κ2) is 4.76. The van der Waals surface area contributed by atoms with Crippen LogP contribution in [0.1, 0.15) is 12.0 Å². The number of hydrogen-bond acceptors (Lipinski definition) is 2. The normalized spacial score (nSPS) is 20.2. The van der Waals surface area contributed by atoms with Crippen molar-refractivity contribution < 1.29 is 22.3 Å². The lowest BCUT2D eigenvalue weighted by atomic mass is 9.93. The standard InChI is InChI=1S/C12H13F4NO/c1-18-11-5-9(13)8(4-10(11)14)12(15,16)7-2-3-17-6-7/h4-5,7,17H,2-3,6H2,1H3. The molecule has 0 radical (unpaired) electrons. The van der Waals surface area contributed by atoms with E-state index in [1.807, 2.05) is 0 Å². The Hall–Kier alpha value is -1.30. The summed E-state index contributed by atoms with van der Waals surface area (Å²) in [6.45, 7) is 0.556. The van der Waals surface area contributed by atoms with Gasteiger partial charge in [-0.3, -0.25) is 0 Å². The van der Waals surface area contributed by atoms with Crippen LogP contribution in [0.2, 0.25) is 0 Å². The molecule has 1 aromatic rings. The maximum atomic E-state index is 14.1. The zero-order valence-electron chi connectivity index (χ0n) is 9.77. The lowest BCUT2D eigenvalue weighted by molar-refractivity contribution is -0.0607. The predicted octanol–water partition coefficient (Wildman–Crippen LogP) is 2.67. The van der Waals surface area contributed by atoms with Gasteiger partial charge in [-0.1, -0.05) is 0 Å². The topological polar surface area (TPSA) is 21.3 Å². The first-order valence-corrected chi connectivity index (χ1v) is 5.59. The molecule has 0 aliphatic carbocycles. The van der Waals surface area contributed by atoms with Gasteiger partial charge in [0.15, 0.2) is 11.6 Å². The van der Waals surface area contributed by atoms with Crippen molar-refractivity contribution in [1.29, 1.82) is 0 Å². The van der Waals surface area contributed by atoms with E-state index >= 15 is 0 Å². The fourth-order valence-corrected chi connectivity index (χ4v) is 2.12. The first-order valence-electron chi connectivity index (χ1n) is 5.59. The molecule has 1 unspecified atom stereocenters. The zero-order valence-corrected chi connectivity index (χ0v) is 9.77. The molecular weight excluding hydrogens is 250 g/mol. The quantitative estimate of drug-likeness (QED) is 0.846. The number of benzene rings is 1. The minimum Gasteiger partial charge on any atom is -0.494 e. The maximum absolute atomic E-state index is 14.1. The van der Waals surface area contributed by atoms with Crippen LogP contribution in [0.4, 0.5) is 17.6 Å². The Kier molecular flexibility index (Phi) is 3.47. The van der Waals surface area contributed by atoms with Gasteiger partial charge in [0.05, 0.1) is 12.7 Å². The number of hydrogen-bond donors (Lipinski definition) is 1. The van der Waals surface area contributed by atoms with Crippen LogP contribution in [0.25, 0.3) is 0 Å². The highest BCUT2D eigenvalue weighted by molar-refractivity contribution is 5.33. The fourth-order valence-electron chi connectivity index (χ4n) is 2.12. The zero-order chi connectivity index (χ0) is 13.3. The van der Waals surface area contributed by atoms with E-state index in [1.165, 1.54) is 0 Å². The van der Waals surface area contributed by atoms with E-state index in [-0.39, 0.29) is 18.7 Å². The minimum atomic E-state index is -3.39. The Morgan fingerprint density at radius 3 is 2.56 bits per heavy atom. The molecule has 0 saturated carbocycles. The highest BCUT2D eigenvalue weighted by Crippen LogP contribution is 2.41. The maximum Gasteiger partial charge on any atom is 0.280 e. The van der Waals surface area contributed by atoms with Gasteiger partial charge in [0, 0.05) is 18.5 Å². The Labute approximate surface area is 102 Å². The average molecular weight is 263 g/mol. The molecule has 1 aliphatic heterocycles. The summed E-state index contributed by atoms with van der Waals surface area (Å²) >= 11 is 0. The Morgan fingerprint density at radius 2 is 2.00 bits per heavy atom. The van der Waals surface area contributed by atoms with Gasteiger partial charge in [-0.25, -0.2) is 17.6 Å². The number of halogens is 4. The van der Waals surface area contributed by atoms with Crippen molar-refractivity contribution in [3.8, 4) is 5.75 Å². The summed E-state index contributed by atoms with van der Waals surface area (Å²) in [7, 11) is 1.15. The molecule has 1 aromatic carbocycles. The molecule has 18 heavy (non-hydrogen) atoms. The molecule has 2 rings (SSSR count). The summed E-state index contributed by atoms with van der Waals surface area (Å²) in [6, 6.07) is 1.17. The second-order valence-electron chi connectivity index (χ2n) is 4.28. The van der Waals surface area contributed by atoms with E-state index in [0.717, 1.165) is 7.11 Å². The lowest BCUT2D eigenvalue weighted by Crippen LogP contribution is -2.29. The van der Waals surface area contributed by atoms with E-state index in [4.69, 9.17) is 0 Å². The molecule has 1 aliphatic rings. The van der Waals surface area contributed by atoms with Crippen LogP contribution in [0.3, 0.4) is 0 Å². The summed E-state index contributed by atoms with van der Waals surface area (Å²) in [6.07, 6.45) is 0.236. The molecule has 0 aromatic heterocycles. The van der Waals surface area contributed by atoms with Gasteiger partial charge < -0.3 is 10.1 Å². The molecule has 2 nitrogen and oxygen atoms in total. The van der Waals surface area contributed by atoms with E-state index < -0.39 is 29.0 Å². The second-order valence-corrected chi connectivity index (χ2v) is 4.28. The summed E-state index contributed by atoms with van der Waals surface area (Å²) < 4.78 is 59.7. The SMILES string of the molecule is COc1cc(F)c(C(F)(F)C2CCNC2)cc1F. The molecule has 6 heteroatoms. The Bertz CT molecular complexity index is 444. The summed E-state index contributed by atoms with van der Waals surface area (Å²) in [4.78, 5) is 0. The Balaban J connectivity index is 2.40. The average Bonchev–Trinajstić information content (AvgIpc) is 2.85. The van der Waals surface area contributed by atoms with E-state index in [0.29, 0.717) is 18.7 Å². The van der Waals surface area contributed by atoms with Crippen molar-refractivity contribution in [3.05, 3.63) is 29.3 Å². The first kappa shape index (κ1) is 13.1. The third kappa shape index (κ3) is 2.16. The van der Waals surface area contributed by atoms with Crippen LogP contribution in [0.15, 0.2) is 12.1 Å². The van der Waals surface area contributed by atoms with Gasteiger partial charge in [-0.15, -0.1) is 0 Å². The van der Waals surface area contributed by atoms with Crippen LogP contribution in [-0.4, -0.2) is 20.2 Å². The van der Waals surface area contributed by atoms with Gasteiger partial charge in [0.25, 0.3) is 5.92 Å². The van der Waals surface area contributed by atoms with E-state index in [1.54, 1.807) is 0 Å². The van der Waals surface area contributed by atoms with Gasteiger partial charge in [0.2, 0.25) is 0 Å². The van der Waals surface area contributed by atoms with Crippen molar-refractivity contribution in [2.45, 2.75) is 12.3 Å². The van der Waals surface area contributed by atoms with Gasteiger partial charge >= 0.3 is 0 Å². The van der Waals surface area contributed by atoms with Crippen molar-refractivity contribution in [3.63, 3.8) is 0 Å². The van der Waals surface area contributed by atoms with Crippen molar-refractivity contribution >= 4 is 0 Å². The summed E-state index contributed by atoms with van der Waals surface area (Å²) in [5.74, 6) is -6.91. The van der Waals surface area contributed by atoms with Crippen LogP contribution in [-0.2, 0) is 5.92 Å². The van der Waals surface area contributed by atoms with Crippen LogP contribution in [0.5, 0.6) is 5.75 Å². The monoisotopic (exact) mass is 263 g/mol. The van der Waals surface area contributed by atoms with Gasteiger partial charge in [-0.05, 0) is 19.0 Å². The third-order valence-corrected chi connectivity index (χ3v) is 3.17. The number of ether oxygens (including phenoxy) is 1. The lowest BCUT2D eigenvalue weighted by Gasteiger charge is -2.23. The molecule has 1 fully saturated rings. The molecule has 1 saturated heterocycles. The van der Waals surface area contributed by atoms with Crippen molar-refractivity contribution in [1.82, 2.24) is 5.32 Å². The van der Waals surface area contributed by atoms with Gasteiger partial charge in [-0.2, -0.15) is 0 Å². The number of rotatable bonds is 3. The molecule has 1 N–H and O–H groups in total. The van der Waals surface area contributed by atoms with E-state index in [2.05, 4.69) is 10.1 Å². The highest BCUT2D eigenvalue weighted by atomic mass is 19.3. The Morgan fingerprint density at radius 1 is 1.28 bits per heavy atom. The fraction of sp³-hybridized carbons (Fsp3) is 0.500. The minimum absolute atomic E-state index is 0.0973. The first-order chi connectivity index (χ1) is 8.46. The predicted molar refractivity (Wildman–Crippen MR) is 57.8 cm³/mol. The van der Waals surface area contributed by atoms with E-state index in [9.17, 15) is 17.6 Å². The molecule has 1 atom stereocenters. The molecule has 100 valence electrons. The molecule has 0 amide bonds. The molecule has 0 bridgehead atoms. The van der Waals surface area contributed by atoms with Crippen LogP contribution < -0.4 is 10.1 Å². The largest absolute Gasteiger partial charge is 0.494 e. The van der Waals surface area contributed by atoms with Crippen molar-refractivity contribution in [2.75, 3.05) is 20.2 Å². The molecule has 1 heterocycles. The number of methoxy groups -OCH3 is 1. The number of alkyl halides is 2. The smallest absolute Gasteiger partial charge is 0.280 e. The summed E-state index contributed by atoms with van der Waals surface area (Å²) in [5.41, 5.74) is -0.908. The third-order valence-electron chi connectivity index (χ3n) is 3.17. The van der Waals surface area contributed by atoms with Crippen molar-refractivity contribution in [2.24, 2.45) is 5.92 Å². The van der Waals surface area contributed by atoms with Crippen LogP contribution >= 0.6 is 0 Å². The molecular formula is C12H13F4NO. The van der Waals surface area contributed by atoms with Crippen LogP contribution in [0, 0.1) is 17.6 Å². The molecule has 0 spiro atoms. The summed E-state index contributed by atoms with van der Waals surface area (Å²) in [5, 5.41) is 2.78. The van der Waals surface area contributed by atoms with Gasteiger partial charge in [0.1, 0.15) is 5.82 Å². The highest BCUT2D eigenvalue weighted by Gasteiger charge is 2.45.